The van der Waals surface area contributed by atoms with Gasteiger partial charge in [0.1, 0.15) is 0 Å². The van der Waals surface area contributed by atoms with Gasteiger partial charge in [0, 0.05) is 33.6 Å². The quantitative estimate of drug-likeness (QED) is 0.870. The van der Waals surface area contributed by atoms with Crippen LogP contribution in [0.2, 0.25) is 0 Å². The van der Waals surface area contributed by atoms with Gasteiger partial charge in [-0.2, -0.15) is 5.10 Å². The predicted molar refractivity (Wildman–Crippen MR) is 72.3 cm³/mol. The highest BCUT2D eigenvalue weighted by atomic mass is 32.1. The highest BCUT2D eigenvalue weighted by Crippen LogP contribution is 2.27. The van der Waals surface area contributed by atoms with E-state index in [0.29, 0.717) is 12.1 Å². The molecule has 2 aromatic heterocycles. The molecule has 0 aliphatic rings. The van der Waals surface area contributed by atoms with Crippen molar-refractivity contribution in [2.75, 3.05) is 0 Å². The number of hydrogen-bond donors (Lipinski definition) is 2. The summed E-state index contributed by atoms with van der Waals surface area (Å²) in [6.45, 7) is 8.72. The van der Waals surface area contributed by atoms with Crippen LogP contribution in [0.3, 0.4) is 0 Å². The summed E-state index contributed by atoms with van der Waals surface area (Å²) >= 11 is 1.86. The smallest absolute Gasteiger partial charge is 0.0534 e. The SMILES string of the molecule is Cc1cc(C(C)NC(C)c2cn[nH]c2)c(C)s1. The number of aryl methyl sites for hydroxylation is 2. The van der Waals surface area contributed by atoms with Crippen molar-refractivity contribution in [1.82, 2.24) is 15.5 Å². The normalized spacial score (nSPS) is 14.8. The average molecular weight is 249 g/mol. The van der Waals surface area contributed by atoms with Crippen molar-refractivity contribution in [3.63, 3.8) is 0 Å². The van der Waals surface area contributed by atoms with Gasteiger partial charge in [-0.3, -0.25) is 5.10 Å². The van der Waals surface area contributed by atoms with Gasteiger partial charge in [-0.05, 0) is 39.3 Å². The van der Waals surface area contributed by atoms with Crippen molar-refractivity contribution in [3.8, 4) is 0 Å². The summed E-state index contributed by atoms with van der Waals surface area (Å²) < 4.78 is 0. The Labute approximate surface area is 106 Å². The molecular formula is C13H19N3S. The predicted octanol–water partition coefficient (Wildman–Crippen LogP) is 3.50. The first kappa shape index (κ1) is 12.3. The van der Waals surface area contributed by atoms with E-state index in [1.807, 2.05) is 23.7 Å². The van der Waals surface area contributed by atoms with E-state index < -0.39 is 0 Å². The summed E-state index contributed by atoms with van der Waals surface area (Å²) in [6, 6.07) is 2.95. The number of rotatable bonds is 4. The molecule has 2 aromatic rings. The summed E-state index contributed by atoms with van der Waals surface area (Å²) in [6.07, 6.45) is 3.81. The lowest BCUT2D eigenvalue weighted by Crippen LogP contribution is -2.22. The van der Waals surface area contributed by atoms with Crippen LogP contribution in [-0.4, -0.2) is 10.2 Å². The summed E-state index contributed by atoms with van der Waals surface area (Å²) in [5.74, 6) is 0. The summed E-state index contributed by atoms with van der Waals surface area (Å²) in [4.78, 5) is 2.78. The van der Waals surface area contributed by atoms with Crippen molar-refractivity contribution in [1.29, 1.82) is 0 Å². The Morgan fingerprint density at radius 1 is 1.29 bits per heavy atom. The molecule has 0 saturated carbocycles. The van der Waals surface area contributed by atoms with Gasteiger partial charge in [0.05, 0.1) is 6.20 Å². The van der Waals surface area contributed by atoms with Gasteiger partial charge < -0.3 is 5.32 Å². The molecule has 0 aliphatic carbocycles. The van der Waals surface area contributed by atoms with E-state index in [1.165, 1.54) is 20.9 Å². The minimum Gasteiger partial charge on any atom is -0.303 e. The molecule has 2 rings (SSSR count). The molecule has 0 aliphatic heterocycles. The molecule has 0 bridgehead atoms. The molecule has 0 radical (unpaired) electrons. The van der Waals surface area contributed by atoms with Crippen LogP contribution in [0.5, 0.6) is 0 Å². The van der Waals surface area contributed by atoms with Gasteiger partial charge >= 0.3 is 0 Å². The highest BCUT2D eigenvalue weighted by molar-refractivity contribution is 7.12. The van der Waals surface area contributed by atoms with Crippen LogP contribution in [-0.2, 0) is 0 Å². The monoisotopic (exact) mass is 249 g/mol. The number of H-pyrrole nitrogens is 1. The van der Waals surface area contributed by atoms with E-state index in [2.05, 4.69) is 49.3 Å². The number of thiophene rings is 1. The van der Waals surface area contributed by atoms with E-state index in [1.54, 1.807) is 0 Å². The molecule has 0 amide bonds. The van der Waals surface area contributed by atoms with Crippen molar-refractivity contribution in [2.45, 2.75) is 39.8 Å². The van der Waals surface area contributed by atoms with E-state index in [4.69, 9.17) is 0 Å². The average Bonchev–Trinajstić information content (AvgIpc) is 2.87. The number of aromatic nitrogens is 2. The van der Waals surface area contributed by atoms with Gasteiger partial charge in [0.25, 0.3) is 0 Å². The van der Waals surface area contributed by atoms with E-state index >= 15 is 0 Å². The van der Waals surface area contributed by atoms with Crippen LogP contribution in [0.4, 0.5) is 0 Å². The molecule has 0 fully saturated rings. The molecule has 17 heavy (non-hydrogen) atoms. The third-order valence-corrected chi connectivity index (χ3v) is 4.05. The van der Waals surface area contributed by atoms with Gasteiger partial charge in [0.2, 0.25) is 0 Å². The third kappa shape index (κ3) is 2.76. The zero-order chi connectivity index (χ0) is 12.4. The fraction of sp³-hybridized carbons (Fsp3) is 0.462. The Kier molecular flexibility index (Phi) is 3.64. The highest BCUT2D eigenvalue weighted by Gasteiger charge is 2.14. The lowest BCUT2D eigenvalue weighted by atomic mass is 10.1. The Morgan fingerprint density at radius 2 is 2.06 bits per heavy atom. The zero-order valence-electron chi connectivity index (χ0n) is 10.7. The molecule has 0 spiro atoms. The molecule has 92 valence electrons. The molecule has 0 aromatic carbocycles. The molecule has 3 nitrogen and oxygen atoms in total. The molecule has 2 atom stereocenters. The minimum absolute atomic E-state index is 0.309. The topological polar surface area (TPSA) is 40.7 Å². The summed E-state index contributed by atoms with van der Waals surface area (Å²) in [7, 11) is 0. The first-order chi connectivity index (χ1) is 8.08. The Balaban J connectivity index is 2.06. The first-order valence-corrected chi connectivity index (χ1v) is 6.71. The molecule has 2 heterocycles. The number of hydrogen-bond acceptors (Lipinski definition) is 3. The van der Waals surface area contributed by atoms with Crippen molar-refractivity contribution < 1.29 is 0 Å². The van der Waals surface area contributed by atoms with E-state index in [0.717, 1.165) is 0 Å². The van der Waals surface area contributed by atoms with Gasteiger partial charge in [-0.25, -0.2) is 0 Å². The second-order valence-corrected chi connectivity index (χ2v) is 5.97. The van der Waals surface area contributed by atoms with E-state index in [-0.39, 0.29) is 0 Å². The van der Waals surface area contributed by atoms with Crippen LogP contribution in [0.15, 0.2) is 18.5 Å². The van der Waals surface area contributed by atoms with Crippen LogP contribution in [0, 0.1) is 13.8 Å². The van der Waals surface area contributed by atoms with Crippen molar-refractivity contribution >= 4 is 11.3 Å². The molecule has 2 N–H and O–H groups in total. The number of aromatic amines is 1. The van der Waals surface area contributed by atoms with Crippen LogP contribution >= 0.6 is 11.3 Å². The van der Waals surface area contributed by atoms with Crippen LogP contribution in [0.1, 0.15) is 46.8 Å². The number of nitrogens with zero attached hydrogens (tertiary/aromatic N) is 1. The standard InChI is InChI=1S/C13H19N3S/c1-8-5-13(11(4)17-8)10(3)16-9(2)12-6-14-15-7-12/h5-7,9-10,16H,1-4H3,(H,14,15). The maximum atomic E-state index is 3.98. The fourth-order valence-electron chi connectivity index (χ4n) is 2.14. The minimum atomic E-state index is 0.309. The second-order valence-electron chi connectivity index (χ2n) is 4.51. The molecular weight excluding hydrogens is 230 g/mol. The van der Waals surface area contributed by atoms with Gasteiger partial charge in [0.15, 0.2) is 0 Å². The number of nitrogens with one attached hydrogen (secondary N) is 2. The lowest BCUT2D eigenvalue weighted by molar-refractivity contribution is 0.494. The van der Waals surface area contributed by atoms with E-state index in [9.17, 15) is 0 Å². The summed E-state index contributed by atoms with van der Waals surface area (Å²) in [5.41, 5.74) is 2.60. The largest absolute Gasteiger partial charge is 0.303 e. The maximum Gasteiger partial charge on any atom is 0.0534 e. The molecule has 0 saturated heterocycles. The Hall–Kier alpha value is -1.13. The lowest BCUT2D eigenvalue weighted by Gasteiger charge is -2.19. The molecule has 4 heteroatoms. The zero-order valence-corrected chi connectivity index (χ0v) is 11.6. The first-order valence-electron chi connectivity index (χ1n) is 5.89. The van der Waals surface area contributed by atoms with Crippen LogP contribution < -0.4 is 5.32 Å². The third-order valence-electron chi connectivity index (χ3n) is 3.07. The Morgan fingerprint density at radius 3 is 2.59 bits per heavy atom. The fourth-order valence-corrected chi connectivity index (χ4v) is 3.16. The molecule has 2 unspecified atom stereocenters. The van der Waals surface area contributed by atoms with Crippen LogP contribution in [0.25, 0.3) is 0 Å². The second kappa shape index (κ2) is 5.02. The summed E-state index contributed by atoms with van der Waals surface area (Å²) in [5, 5.41) is 10.4. The van der Waals surface area contributed by atoms with Gasteiger partial charge in [-0.1, -0.05) is 0 Å². The maximum absolute atomic E-state index is 3.98. The van der Waals surface area contributed by atoms with Crippen molar-refractivity contribution in [3.05, 3.63) is 39.3 Å². The van der Waals surface area contributed by atoms with Gasteiger partial charge in [-0.15, -0.1) is 11.3 Å². The van der Waals surface area contributed by atoms with Crippen molar-refractivity contribution in [2.24, 2.45) is 0 Å². The Bertz CT molecular complexity index is 473.